The predicted octanol–water partition coefficient (Wildman–Crippen LogP) is 3.53. The Labute approximate surface area is 114 Å². The molecule has 2 bridgehead atoms. The van der Waals surface area contributed by atoms with E-state index in [-0.39, 0.29) is 5.91 Å². The van der Waals surface area contributed by atoms with Crippen molar-refractivity contribution in [3.05, 3.63) is 29.3 Å². The summed E-state index contributed by atoms with van der Waals surface area (Å²) in [5.74, 6) is 3.79. The van der Waals surface area contributed by atoms with Gasteiger partial charge in [-0.1, -0.05) is 6.07 Å². The Hall–Kier alpha value is -1.31. The highest BCUT2D eigenvalue weighted by molar-refractivity contribution is 5.95. The molecule has 19 heavy (non-hydrogen) atoms. The number of nitrogens with one attached hydrogen (secondary N) is 1. The van der Waals surface area contributed by atoms with Crippen molar-refractivity contribution in [3.63, 3.8) is 0 Å². The maximum Gasteiger partial charge on any atom is 0.228 e. The number of benzene rings is 1. The molecule has 1 aromatic rings. The van der Waals surface area contributed by atoms with Crippen molar-refractivity contribution in [2.75, 3.05) is 5.32 Å². The van der Waals surface area contributed by atoms with Gasteiger partial charge >= 0.3 is 0 Å². The van der Waals surface area contributed by atoms with E-state index in [4.69, 9.17) is 0 Å². The van der Waals surface area contributed by atoms with Crippen LogP contribution in [0.1, 0.15) is 30.4 Å². The fraction of sp³-hybridized carbons (Fsp3) is 0.588. The number of fused-ring (bicyclic) bond motifs is 5. The van der Waals surface area contributed by atoms with Gasteiger partial charge in [0.25, 0.3) is 0 Å². The molecule has 0 aromatic heterocycles. The summed E-state index contributed by atoms with van der Waals surface area (Å²) in [7, 11) is 0. The number of anilines is 1. The largest absolute Gasteiger partial charge is 0.326 e. The fourth-order valence-corrected chi connectivity index (χ4v) is 4.95. The topological polar surface area (TPSA) is 29.1 Å². The zero-order valence-electron chi connectivity index (χ0n) is 11.6. The molecule has 1 N–H and O–H groups in total. The third kappa shape index (κ3) is 1.73. The molecule has 0 saturated heterocycles. The van der Waals surface area contributed by atoms with Gasteiger partial charge in [0.1, 0.15) is 0 Å². The van der Waals surface area contributed by atoms with Crippen LogP contribution in [0, 0.1) is 43.4 Å². The van der Waals surface area contributed by atoms with Gasteiger partial charge in [-0.3, -0.25) is 4.79 Å². The molecular weight excluding hydrogens is 234 g/mol. The molecule has 1 amide bonds. The molecule has 100 valence electrons. The van der Waals surface area contributed by atoms with E-state index in [1.165, 1.54) is 30.4 Å². The number of hydrogen-bond donors (Lipinski definition) is 1. The molecule has 2 nitrogen and oxygen atoms in total. The Kier molecular flexibility index (Phi) is 2.33. The number of aryl methyl sites for hydroxylation is 2. The summed E-state index contributed by atoms with van der Waals surface area (Å²) >= 11 is 0. The molecule has 1 aromatic carbocycles. The van der Waals surface area contributed by atoms with Gasteiger partial charge in [-0.25, -0.2) is 0 Å². The van der Waals surface area contributed by atoms with E-state index in [9.17, 15) is 4.79 Å². The monoisotopic (exact) mass is 255 g/mol. The molecule has 0 aliphatic heterocycles. The molecule has 0 spiro atoms. The summed E-state index contributed by atoms with van der Waals surface area (Å²) in [5.41, 5.74) is 3.40. The lowest BCUT2D eigenvalue weighted by molar-refractivity contribution is -0.118. The van der Waals surface area contributed by atoms with Crippen LogP contribution >= 0.6 is 0 Å². The normalized spacial score (nSPS) is 38.1. The average Bonchev–Trinajstić information content (AvgIpc) is 2.78. The minimum atomic E-state index is 0.275. The second kappa shape index (κ2) is 3.84. The third-order valence-corrected chi connectivity index (χ3v) is 5.53. The second-order valence-corrected chi connectivity index (χ2v) is 6.88. The second-order valence-electron chi connectivity index (χ2n) is 6.88. The van der Waals surface area contributed by atoms with Gasteiger partial charge in [0.2, 0.25) is 5.91 Å². The minimum Gasteiger partial charge on any atom is -0.326 e. The van der Waals surface area contributed by atoms with Gasteiger partial charge in [0, 0.05) is 11.6 Å². The SMILES string of the molecule is Cc1cc(C)cc(NC(=O)C2C3C4CCC(C4)C23)c1. The van der Waals surface area contributed by atoms with Crippen LogP contribution in [0.4, 0.5) is 5.69 Å². The first kappa shape index (κ1) is 11.5. The zero-order valence-corrected chi connectivity index (χ0v) is 11.6. The Morgan fingerprint density at radius 3 is 2.21 bits per heavy atom. The quantitative estimate of drug-likeness (QED) is 0.860. The van der Waals surface area contributed by atoms with Gasteiger partial charge in [-0.15, -0.1) is 0 Å². The fourth-order valence-electron chi connectivity index (χ4n) is 4.95. The lowest BCUT2D eigenvalue weighted by atomic mass is 10.0. The maximum atomic E-state index is 12.4. The Morgan fingerprint density at radius 1 is 1.05 bits per heavy atom. The molecule has 3 aliphatic carbocycles. The van der Waals surface area contributed by atoms with Crippen molar-refractivity contribution in [3.8, 4) is 0 Å². The van der Waals surface area contributed by atoms with Crippen molar-refractivity contribution in [2.24, 2.45) is 29.6 Å². The van der Waals surface area contributed by atoms with Crippen molar-refractivity contribution in [2.45, 2.75) is 33.1 Å². The third-order valence-electron chi connectivity index (χ3n) is 5.53. The standard InChI is InChI=1S/C17H21NO/c1-9-5-10(2)7-13(6-9)18-17(19)16-14-11-3-4-12(8-11)15(14)16/h5-7,11-12,14-16H,3-4,8H2,1-2H3,(H,18,19). The van der Waals surface area contributed by atoms with Crippen LogP contribution in [0.5, 0.6) is 0 Å². The highest BCUT2D eigenvalue weighted by atomic mass is 16.2. The smallest absolute Gasteiger partial charge is 0.228 e. The maximum absolute atomic E-state index is 12.4. The summed E-state index contributed by atoms with van der Waals surface area (Å²) in [6.45, 7) is 4.16. The molecule has 4 rings (SSSR count). The summed E-state index contributed by atoms with van der Waals surface area (Å²) < 4.78 is 0. The zero-order chi connectivity index (χ0) is 13.1. The first-order chi connectivity index (χ1) is 9.13. The molecule has 3 aliphatic rings. The summed E-state index contributed by atoms with van der Waals surface area (Å²) in [6.07, 6.45) is 4.15. The van der Waals surface area contributed by atoms with Gasteiger partial charge in [-0.2, -0.15) is 0 Å². The highest BCUT2D eigenvalue weighted by Gasteiger charge is 2.67. The van der Waals surface area contributed by atoms with Gasteiger partial charge in [0.15, 0.2) is 0 Å². The molecule has 3 fully saturated rings. The van der Waals surface area contributed by atoms with E-state index in [1.54, 1.807) is 0 Å². The molecule has 2 heteroatoms. The number of hydrogen-bond acceptors (Lipinski definition) is 1. The van der Waals surface area contributed by atoms with Crippen molar-refractivity contribution >= 4 is 11.6 Å². The number of rotatable bonds is 2. The van der Waals surface area contributed by atoms with Crippen LogP contribution in [-0.2, 0) is 4.79 Å². The summed E-state index contributed by atoms with van der Waals surface area (Å²) in [6, 6.07) is 6.27. The lowest BCUT2D eigenvalue weighted by Crippen LogP contribution is -2.18. The van der Waals surface area contributed by atoms with Crippen LogP contribution < -0.4 is 5.32 Å². The number of amides is 1. The molecule has 4 atom stereocenters. The highest BCUT2D eigenvalue weighted by Crippen LogP contribution is 2.69. The van der Waals surface area contributed by atoms with E-state index in [0.29, 0.717) is 5.92 Å². The predicted molar refractivity (Wildman–Crippen MR) is 75.8 cm³/mol. The number of carbonyl (C=O) groups excluding carboxylic acids is 1. The Bertz CT molecular complexity index is 514. The number of carbonyl (C=O) groups is 1. The molecule has 0 radical (unpaired) electrons. The van der Waals surface area contributed by atoms with Crippen LogP contribution in [0.25, 0.3) is 0 Å². The van der Waals surface area contributed by atoms with Crippen molar-refractivity contribution in [1.82, 2.24) is 0 Å². The molecule has 3 saturated carbocycles. The van der Waals surface area contributed by atoms with E-state index >= 15 is 0 Å². The van der Waals surface area contributed by atoms with Crippen LogP contribution in [0.15, 0.2) is 18.2 Å². The van der Waals surface area contributed by atoms with Crippen molar-refractivity contribution < 1.29 is 4.79 Å². The minimum absolute atomic E-state index is 0.275. The first-order valence-electron chi connectivity index (χ1n) is 7.52. The van der Waals surface area contributed by atoms with E-state index < -0.39 is 0 Å². The Balaban J connectivity index is 1.48. The molecule has 4 unspecified atom stereocenters. The lowest BCUT2D eigenvalue weighted by Gasteiger charge is -2.10. The molecular formula is C17H21NO. The van der Waals surface area contributed by atoms with E-state index in [2.05, 4.69) is 37.4 Å². The Morgan fingerprint density at radius 2 is 1.63 bits per heavy atom. The summed E-state index contributed by atoms with van der Waals surface area (Å²) in [5, 5.41) is 3.14. The molecule has 0 heterocycles. The van der Waals surface area contributed by atoms with Crippen LogP contribution in [0.2, 0.25) is 0 Å². The average molecular weight is 255 g/mol. The van der Waals surface area contributed by atoms with E-state index in [0.717, 1.165) is 29.4 Å². The summed E-state index contributed by atoms with van der Waals surface area (Å²) in [4.78, 5) is 12.4. The van der Waals surface area contributed by atoms with Crippen molar-refractivity contribution in [1.29, 1.82) is 0 Å². The van der Waals surface area contributed by atoms with E-state index in [1.807, 2.05) is 0 Å². The van der Waals surface area contributed by atoms with Gasteiger partial charge < -0.3 is 5.32 Å². The first-order valence-corrected chi connectivity index (χ1v) is 7.52. The van der Waals surface area contributed by atoms with Crippen LogP contribution in [0.3, 0.4) is 0 Å². The van der Waals surface area contributed by atoms with Crippen LogP contribution in [-0.4, -0.2) is 5.91 Å². The van der Waals surface area contributed by atoms with Gasteiger partial charge in [0.05, 0.1) is 0 Å². The van der Waals surface area contributed by atoms with Gasteiger partial charge in [-0.05, 0) is 80.0 Å².